The summed E-state index contributed by atoms with van der Waals surface area (Å²) in [4.78, 5) is 45.9. The lowest BCUT2D eigenvalue weighted by Gasteiger charge is -2.23. The van der Waals surface area contributed by atoms with Crippen molar-refractivity contribution in [3.8, 4) is 0 Å². The van der Waals surface area contributed by atoms with E-state index in [1.54, 1.807) is 13.1 Å². The van der Waals surface area contributed by atoms with Gasteiger partial charge in [0.1, 0.15) is 0 Å². The predicted octanol–water partition coefficient (Wildman–Crippen LogP) is 4.97. The normalized spacial score (nSPS) is 15.1. The highest BCUT2D eigenvalue weighted by Gasteiger charge is 2.26. The highest BCUT2D eigenvalue weighted by molar-refractivity contribution is 7.18. The number of Topliss-reactive ketones (excluding diaryl/α,β-unsaturated/α-hetero) is 1. The first kappa shape index (κ1) is 29.9. The number of rotatable bonds is 14. The molecule has 2 amide bonds. The third kappa shape index (κ3) is 8.71. The minimum Gasteiger partial charge on any atom is -0.359 e. The Morgan fingerprint density at radius 1 is 1.10 bits per heavy atom. The van der Waals surface area contributed by atoms with E-state index in [1.807, 2.05) is 42.5 Å². The highest BCUT2D eigenvalue weighted by atomic mass is 35.5. The highest BCUT2D eigenvalue weighted by Crippen LogP contribution is 2.27. The van der Waals surface area contributed by atoms with Gasteiger partial charge in [0.25, 0.3) is 0 Å². The number of fused-ring (bicyclic) bond motifs is 1. The molecule has 9 heteroatoms. The number of amides is 2. The van der Waals surface area contributed by atoms with Crippen molar-refractivity contribution >= 4 is 50.8 Å². The molecule has 0 radical (unpaired) electrons. The van der Waals surface area contributed by atoms with Gasteiger partial charge >= 0.3 is 0 Å². The van der Waals surface area contributed by atoms with Gasteiger partial charge in [0.05, 0.1) is 21.1 Å². The third-order valence-electron chi connectivity index (χ3n) is 7.30. The third-order valence-corrected chi connectivity index (χ3v) is 8.57. The number of halogens is 1. The first-order valence-electron chi connectivity index (χ1n) is 13.8. The van der Waals surface area contributed by atoms with Gasteiger partial charge in [-0.05, 0) is 62.5 Å². The molecular formula is C31H37ClN4O3S. The van der Waals surface area contributed by atoms with Crippen molar-refractivity contribution in [2.75, 3.05) is 26.7 Å². The van der Waals surface area contributed by atoms with Gasteiger partial charge in [-0.3, -0.25) is 19.3 Å². The molecular weight excluding hydrogens is 544 g/mol. The Labute approximate surface area is 245 Å². The smallest absolute Gasteiger partial charge is 0.224 e. The van der Waals surface area contributed by atoms with E-state index in [4.69, 9.17) is 11.6 Å². The van der Waals surface area contributed by atoms with Crippen LogP contribution in [0, 0.1) is 5.92 Å². The van der Waals surface area contributed by atoms with Crippen LogP contribution in [0.3, 0.4) is 0 Å². The summed E-state index contributed by atoms with van der Waals surface area (Å²) in [6.45, 7) is 6.67. The van der Waals surface area contributed by atoms with Gasteiger partial charge in [-0.25, -0.2) is 4.98 Å². The largest absolute Gasteiger partial charge is 0.359 e. The average molecular weight is 581 g/mol. The fourth-order valence-corrected chi connectivity index (χ4v) is 6.37. The monoisotopic (exact) mass is 580 g/mol. The minimum atomic E-state index is -0.602. The molecule has 2 aromatic carbocycles. The molecule has 212 valence electrons. The zero-order chi connectivity index (χ0) is 28.5. The summed E-state index contributed by atoms with van der Waals surface area (Å²) in [5.74, 6) is -0.994. The Hall–Kier alpha value is -3.07. The molecule has 2 N–H and O–H groups in total. The van der Waals surface area contributed by atoms with E-state index in [0.717, 1.165) is 46.7 Å². The molecule has 1 saturated heterocycles. The number of benzene rings is 2. The van der Waals surface area contributed by atoms with E-state index in [1.165, 1.54) is 11.3 Å². The SMILES string of the molecule is C=C(CN1CCCC1)C(=O)CC[C@H](Cc1ccccc1)NC(=O)[C@@H](CC(=O)NC)Cc1nc2ccc(Cl)cc2s1. The molecule has 4 rings (SSSR count). The maximum Gasteiger partial charge on any atom is 0.224 e. The van der Waals surface area contributed by atoms with Crippen LogP contribution in [0.1, 0.15) is 42.7 Å². The van der Waals surface area contributed by atoms with Crippen molar-refractivity contribution in [3.05, 3.63) is 76.3 Å². The van der Waals surface area contributed by atoms with Crippen molar-refractivity contribution < 1.29 is 14.4 Å². The van der Waals surface area contributed by atoms with Crippen LogP contribution in [0.15, 0.2) is 60.7 Å². The van der Waals surface area contributed by atoms with Crippen molar-refractivity contribution in [2.45, 2.75) is 51.0 Å². The molecule has 2 heterocycles. The predicted molar refractivity (Wildman–Crippen MR) is 162 cm³/mol. The number of carbonyl (C=O) groups excluding carboxylic acids is 3. The molecule has 7 nitrogen and oxygen atoms in total. The summed E-state index contributed by atoms with van der Waals surface area (Å²) >= 11 is 7.62. The van der Waals surface area contributed by atoms with Crippen LogP contribution in [0.4, 0.5) is 0 Å². The Balaban J connectivity index is 1.45. The number of hydrogen-bond donors (Lipinski definition) is 2. The van der Waals surface area contributed by atoms with Crippen LogP contribution < -0.4 is 10.6 Å². The van der Waals surface area contributed by atoms with Gasteiger partial charge in [0.15, 0.2) is 5.78 Å². The van der Waals surface area contributed by atoms with Crippen molar-refractivity contribution in [3.63, 3.8) is 0 Å². The number of aromatic nitrogens is 1. The topological polar surface area (TPSA) is 91.4 Å². The summed E-state index contributed by atoms with van der Waals surface area (Å²) in [7, 11) is 1.57. The van der Waals surface area contributed by atoms with E-state index >= 15 is 0 Å². The lowest BCUT2D eigenvalue weighted by molar-refractivity contribution is -0.130. The molecule has 3 aromatic rings. The molecule has 1 aliphatic rings. The number of ketones is 1. The van der Waals surface area contributed by atoms with E-state index < -0.39 is 5.92 Å². The Morgan fingerprint density at radius 3 is 2.58 bits per heavy atom. The van der Waals surface area contributed by atoms with Crippen LogP contribution in [0.25, 0.3) is 10.2 Å². The molecule has 1 aliphatic heterocycles. The molecule has 0 spiro atoms. The lowest BCUT2D eigenvalue weighted by Crippen LogP contribution is -2.42. The van der Waals surface area contributed by atoms with Gasteiger partial charge in [-0.1, -0.05) is 48.5 Å². The Kier molecular flexibility index (Phi) is 10.9. The second-order valence-electron chi connectivity index (χ2n) is 10.4. The summed E-state index contributed by atoms with van der Waals surface area (Å²) in [5.41, 5.74) is 2.51. The quantitative estimate of drug-likeness (QED) is 0.263. The Bertz CT molecular complexity index is 1340. The average Bonchev–Trinajstić information content (AvgIpc) is 3.60. The second kappa shape index (κ2) is 14.5. The van der Waals surface area contributed by atoms with E-state index in [2.05, 4.69) is 27.1 Å². The zero-order valence-corrected chi connectivity index (χ0v) is 24.5. The van der Waals surface area contributed by atoms with Crippen LogP contribution in [-0.4, -0.2) is 60.2 Å². The van der Waals surface area contributed by atoms with Crippen molar-refractivity contribution in [1.82, 2.24) is 20.5 Å². The van der Waals surface area contributed by atoms with Gasteiger partial charge in [-0.2, -0.15) is 0 Å². The van der Waals surface area contributed by atoms with Crippen LogP contribution in [0.2, 0.25) is 5.02 Å². The molecule has 2 atom stereocenters. The number of thiazole rings is 1. The van der Waals surface area contributed by atoms with Gasteiger partial charge in [-0.15, -0.1) is 11.3 Å². The first-order chi connectivity index (χ1) is 19.3. The van der Waals surface area contributed by atoms with E-state index in [0.29, 0.717) is 42.8 Å². The molecule has 0 aliphatic carbocycles. The van der Waals surface area contributed by atoms with Crippen molar-refractivity contribution in [1.29, 1.82) is 0 Å². The van der Waals surface area contributed by atoms with Crippen LogP contribution >= 0.6 is 22.9 Å². The fourth-order valence-electron chi connectivity index (χ4n) is 5.05. The van der Waals surface area contributed by atoms with E-state index in [-0.39, 0.29) is 30.1 Å². The number of nitrogens with one attached hydrogen (secondary N) is 2. The van der Waals surface area contributed by atoms with Crippen LogP contribution in [0.5, 0.6) is 0 Å². The molecule has 1 fully saturated rings. The van der Waals surface area contributed by atoms with Gasteiger partial charge < -0.3 is 10.6 Å². The standard InChI is InChI=1S/C31H37ClN4O3S/c1-21(20-36-14-6-7-15-36)27(37)13-11-25(16-22-8-4-3-5-9-22)34-31(39)23(17-29(38)33-2)18-30-35-26-12-10-24(32)19-28(26)40-30/h3-5,8-10,12,19,23,25H,1,6-7,11,13-18,20H2,2H3,(H,33,38)(H,34,39)/t23-,25+/m0/s1. The fraction of sp³-hybridized carbons (Fsp3) is 0.419. The minimum absolute atomic E-state index is 0.0363. The molecule has 0 saturated carbocycles. The summed E-state index contributed by atoms with van der Waals surface area (Å²) in [6.07, 6.45) is 4.09. The van der Waals surface area contributed by atoms with Gasteiger partial charge in [0.2, 0.25) is 11.8 Å². The first-order valence-corrected chi connectivity index (χ1v) is 15.0. The van der Waals surface area contributed by atoms with Crippen molar-refractivity contribution in [2.24, 2.45) is 5.92 Å². The van der Waals surface area contributed by atoms with E-state index in [9.17, 15) is 14.4 Å². The maximum atomic E-state index is 13.6. The zero-order valence-electron chi connectivity index (χ0n) is 23.0. The molecule has 0 bridgehead atoms. The number of nitrogens with zero attached hydrogens (tertiary/aromatic N) is 2. The Morgan fingerprint density at radius 2 is 1.85 bits per heavy atom. The number of likely N-dealkylation sites (tertiary alicyclic amines) is 1. The summed E-state index contributed by atoms with van der Waals surface area (Å²) in [5, 5.41) is 7.20. The van der Waals surface area contributed by atoms with Crippen LogP contribution in [-0.2, 0) is 27.2 Å². The molecule has 1 aromatic heterocycles. The van der Waals surface area contributed by atoms with Gasteiger partial charge in [0, 0.05) is 49.5 Å². The molecule has 40 heavy (non-hydrogen) atoms. The summed E-state index contributed by atoms with van der Waals surface area (Å²) < 4.78 is 0.941. The molecule has 0 unspecified atom stereocenters. The number of carbonyl (C=O) groups is 3. The number of hydrogen-bond acceptors (Lipinski definition) is 6. The lowest BCUT2D eigenvalue weighted by atomic mass is 9.95. The maximum absolute atomic E-state index is 13.6. The summed E-state index contributed by atoms with van der Waals surface area (Å²) in [6, 6.07) is 15.1. The second-order valence-corrected chi connectivity index (χ2v) is 12.0.